The molecule has 0 bridgehead atoms. The fraction of sp³-hybridized carbons (Fsp3) is 0.241. The van der Waals surface area contributed by atoms with Gasteiger partial charge in [0.15, 0.2) is 0 Å². The topological polar surface area (TPSA) is 72.4 Å². The number of fused-ring (bicyclic) bond motifs is 1. The fourth-order valence-electron chi connectivity index (χ4n) is 4.39. The van der Waals surface area contributed by atoms with Gasteiger partial charge in [0, 0.05) is 41.1 Å². The molecule has 2 N–H and O–H groups in total. The smallest absolute Gasteiger partial charge is 0.257 e. The van der Waals surface area contributed by atoms with Gasteiger partial charge in [-0.3, -0.25) is 9.59 Å². The van der Waals surface area contributed by atoms with Crippen molar-refractivity contribution < 1.29 is 9.53 Å². The van der Waals surface area contributed by atoms with E-state index >= 15 is 0 Å². The van der Waals surface area contributed by atoms with Gasteiger partial charge in [0.2, 0.25) is 5.43 Å². The van der Waals surface area contributed by atoms with Gasteiger partial charge in [0.25, 0.3) is 5.91 Å². The molecule has 0 spiro atoms. The molecule has 1 aliphatic rings. The van der Waals surface area contributed by atoms with Crippen LogP contribution in [0.5, 0.6) is 0 Å². The van der Waals surface area contributed by atoms with Gasteiger partial charge >= 0.3 is 0 Å². The Balaban J connectivity index is 1.46. The average molecular weight is 534 g/mol. The molecule has 1 aromatic heterocycles. The summed E-state index contributed by atoms with van der Waals surface area (Å²) >= 11 is 7.61. The summed E-state index contributed by atoms with van der Waals surface area (Å²) in [6, 6.07) is 23.3. The van der Waals surface area contributed by atoms with Crippen molar-refractivity contribution in [3.63, 3.8) is 0 Å². The molecule has 1 fully saturated rings. The first-order chi connectivity index (χ1) is 18.1. The van der Waals surface area contributed by atoms with Crippen LogP contribution in [-0.4, -0.2) is 36.3 Å². The molecule has 190 valence electrons. The second-order valence-electron chi connectivity index (χ2n) is 8.99. The van der Waals surface area contributed by atoms with E-state index in [1.54, 1.807) is 30.1 Å². The summed E-state index contributed by atoms with van der Waals surface area (Å²) in [4.78, 5) is 27.9. The van der Waals surface area contributed by atoms with Crippen LogP contribution in [0.4, 0.5) is 0 Å². The van der Waals surface area contributed by atoms with Crippen LogP contribution in [0.15, 0.2) is 88.7 Å². The zero-order chi connectivity index (χ0) is 25.6. The van der Waals surface area contributed by atoms with Crippen LogP contribution in [-0.2, 0) is 23.6 Å². The Bertz CT molecular complexity index is 1440. The molecule has 37 heavy (non-hydrogen) atoms. The number of halogens is 1. The quantitative estimate of drug-likeness (QED) is 0.316. The molecule has 2 heterocycles. The van der Waals surface area contributed by atoms with Crippen LogP contribution in [0, 0.1) is 0 Å². The number of carbonyl (C=O) groups is 1. The highest BCUT2D eigenvalue weighted by molar-refractivity contribution is 7.98. The summed E-state index contributed by atoms with van der Waals surface area (Å²) in [7, 11) is 0. The number of ether oxygens (including phenoxy) is 1. The van der Waals surface area contributed by atoms with Gasteiger partial charge in [-0.25, -0.2) is 0 Å². The highest BCUT2D eigenvalue weighted by atomic mass is 35.5. The third-order valence-corrected chi connectivity index (χ3v) is 7.60. The molecule has 6 nitrogen and oxygen atoms in total. The van der Waals surface area contributed by atoms with Gasteiger partial charge in [-0.2, -0.15) is 0 Å². The van der Waals surface area contributed by atoms with Crippen molar-refractivity contribution in [3.05, 3.63) is 111 Å². The maximum Gasteiger partial charge on any atom is 0.257 e. The summed E-state index contributed by atoms with van der Waals surface area (Å²) < 4.78 is 7.84. The van der Waals surface area contributed by atoms with Gasteiger partial charge in [-0.05, 0) is 53.9 Å². The summed E-state index contributed by atoms with van der Waals surface area (Å²) in [5.74, 6) is 0.165. The summed E-state index contributed by atoms with van der Waals surface area (Å²) in [6.45, 7) is 2.62. The summed E-state index contributed by atoms with van der Waals surface area (Å²) in [5, 5.41) is 7.41. The van der Waals surface area contributed by atoms with Gasteiger partial charge in [0.05, 0.1) is 24.1 Å². The third kappa shape index (κ3) is 6.43. The first-order valence-corrected chi connectivity index (χ1v) is 13.6. The second kappa shape index (κ2) is 12.0. The zero-order valence-corrected chi connectivity index (χ0v) is 21.9. The van der Waals surface area contributed by atoms with Gasteiger partial charge in [-0.15, -0.1) is 11.8 Å². The largest absolute Gasteiger partial charge is 0.375 e. The van der Waals surface area contributed by atoms with E-state index in [0.717, 1.165) is 34.6 Å². The van der Waals surface area contributed by atoms with Crippen molar-refractivity contribution in [1.29, 1.82) is 0 Å². The van der Waals surface area contributed by atoms with E-state index < -0.39 is 5.91 Å². The Hall–Kier alpha value is -3.10. The lowest BCUT2D eigenvalue weighted by Crippen LogP contribution is -2.39. The number of thioether (sulfide) groups is 1. The molecule has 1 atom stereocenters. The van der Waals surface area contributed by atoms with E-state index in [4.69, 9.17) is 16.3 Å². The average Bonchev–Trinajstić information content (AvgIpc) is 2.93. The molecule has 5 rings (SSSR count). The Morgan fingerprint density at radius 3 is 2.62 bits per heavy atom. The molecule has 0 radical (unpaired) electrons. The molecule has 8 heteroatoms. The molecule has 1 aliphatic heterocycles. The van der Waals surface area contributed by atoms with Crippen LogP contribution in [0.1, 0.15) is 21.5 Å². The number of nitrogens with zero attached hydrogens (tertiary/aromatic N) is 1. The molecule has 0 aliphatic carbocycles. The van der Waals surface area contributed by atoms with Gasteiger partial charge in [0.1, 0.15) is 5.56 Å². The van der Waals surface area contributed by atoms with Crippen LogP contribution < -0.4 is 16.1 Å². The van der Waals surface area contributed by atoms with Crippen molar-refractivity contribution in [3.8, 4) is 0 Å². The third-order valence-electron chi connectivity index (χ3n) is 6.34. The van der Waals surface area contributed by atoms with Crippen LogP contribution >= 0.6 is 23.4 Å². The van der Waals surface area contributed by atoms with Crippen LogP contribution in [0.25, 0.3) is 10.9 Å². The minimum absolute atomic E-state index is 0.0629. The number of carbonyl (C=O) groups excluding carboxylic acids is 1. The monoisotopic (exact) mass is 533 g/mol. The minimum Gasteiger partial charge on any atom is -0.375 e. The number of amides is 1. The van der Waals surface area contributed by atoms with E-state index in [2.05, 4.69) is 10.6 Å². The first-order valence-electron chi connectivity index (χ1n) is 12.3. The normalized spacial score (nSPS) is 15.5. The van der Waals surface area contributed by atoms with E-state index in [0.29, 0.717) is 35.9 Å². The number of rotatable bonds is 8. The summed E-state index contributed by atoms with van der Waals surface area (Å²) in [6.07, 6.45) is 2.44. The predicted molar refractivity (Wildman–Crippen MR) is 149 cm³/mol. The predicted octanol–water partition coefficient (Wildman–Crippen LogP) is 4.87. The lowest BCUT2D eigenvalue weighted by molar-refractivity contribution is 0.0292. The maximum absolute atomic E-state index is 13.6. The summed E-state index contributed by atoms with van der Waals surface area (Å²) in [5.41, 5.74) is 2.58. The SMILES string of the molecule is O=C(NCc1ccc(Cl)cc1)c1cn(CSc2ccccc2)c2ccc(CC3CNCCO3)cc2c1=O. The van der Waals surface area contributed by atoms with Gasteiger partial charge < -0.3 is 19.9 Å². The van der Waals surface area contributed by atoms with Crippen molar-refractivity contribution in [2.24, 2.45) is 0 Å². The Kier molecular flexibility index (Phi) is 8.26. The number of benzene rings is 3. The molecule has 0 saturated carbocycles. The first kappa shape index (κ1) is 25.5. The molecular weight excluding hydrogens is 506 g/mol. The van der Waals surface area contributed by atoms with Crippen molar-refractivity contribution in [1.82, 2.24) is 15.2 Å². The number of aromatic nitrogens is 1. The highest BCUT2D eigenvalue weighted by Gasteiger charge is 2.18. The van der Waals surface area contributed by atoms with E-state index in [1.165, 1.54) is 0 Å². The number of nitrogens with one attached hydrogen (secondary N) is 2. The van der Waals surface area contributed by atoms with Crippen LogP contribution in [0.2, 0.25) is 5.02 Å². The molecule has 1 saturated heterocycles. The van der Waals surface area contributed by atoms with E-state index in [9.17, 15) is 9.59 Å². The Labute approximate surface area is 225 Å². The number of hydrogen-bond donors (Lipinski definition) is 2. The molecular formula is C29H28ClN3O3S. The van der Waals surface area contributed by atoms with Crippen LogP contribution in [0.3, 0.4) is 0 Å². The highest BCUT2D eigenvalue weighted by Crippen LogP contribution is 2.23. The van der Waals surface area contributed by atoms with Crippen molar-refractivity contribution in [2.75, 3.05) is 19.7 Å². The number of hydrogen-bond acceptors (Lipinski definition) is 5. The number of morpholine rings is 1. The molecule has 4 aromatic rings. The molecule has 3 aromatic carbocycles. The van der Waals surface area contributed by atoms with E-state index in [-0.39, 0.29) is 17.1 Å². The fourth-order valence-corrected chi connectivity index (χ4v) is 5.37. The zero-order valence-electron chi connectivity index (χ0n) is 20.3. The number of pyridine rings is 1. The van der Waals surface area contributed by atoms with E-state index in [1.807, 2.05) is 65.2 Å². The van der Waals surface area contributed by atoms with Crippen molar-refractivity contribution >= 4 is 40.2 Å². The van der Waals surface area contributed by atoms with Gasteiger partial charge in [-0.1, -0.05) is 48.0 Å². The Morgan fingerprint density at radius 1 is 1.08 bits per heavy atom. The minimum atomic E-state index is -0.398. The van der Waals surface area contributed by atoms with Crippen molar-refractivity contribution in [2.45, 2.75) is 29.8 Å². The molecule has 1 unspecified atom stereocenters. The second-order valence-corrected chi connectivity index (χ2v) is 10.4. The standard InChI is InChI=1S/C29H28ClN3O3S/c30-22-9-6-20(7-10-22)16-32-29(35)26-18-33(19-37-24-4-2-1-3-5-24)27-11-8-21(15-25(27)28(26)34)14-23-17-31-12-13-36-23/h1-11,15,18,23,31H,12-14,16-17,19H2,(H,32,35). The molecule has 1 amide bonds. The lowest BCUT2D eigenvalue weighted by atomic mass is 10.0. The lowest BCUT2D eigenvalue weighted by Gasteiger charge is -2.23. The Morgan fingerprint density at radius 2 is 1.86 bits per heavy atom. The maximum atomic E-state index is 13.6.